The van der Waals surface area contributed by atoms with Gasteiger partial charge in [0.2, 0.25) is 5.91 Å². The smallest absolute Gasteiger partial charge is 0.219 e. The molecule has 0 aromatic heterocycles. The van der Waals surface area contributed by atoms with E-state index >= 15 is 0 Å². The maximum Gasteiger partial charge on any atom is 0.219 e. The third-order valence-electron chi connectivity index (χ3n) is 3.61. The number of methoxy groups -OCH3 is 1. The molecule has 1 amide bonds. The average molecular weight is 261 g/mol. The molecule has 0 spiro atoms. The molecule has 102 valence electrons. The fourth-order valence-corrected chi connectivity index (χ4v) is 2.47. The second-order valence-corrected chi connectivity index (χ2v) is 4.90. The Bertz CT molecular complexity index is 467. The highest BCUT2D eigenvalue weighted by molar-refractivity contribution is 5.98. The zero-order chi connectivity index (χ0) is 13.8. The lowest BCUT2D eigenvalue weighted by Gasteiger charge is -2.31. The number of carbonyl (C=O) groups is 2. The predicted octanol–water partition coefficient (Wildman–Crippen LogP) is 2.14. The molecule has 1 atom stereocenters. The summed E-state index contributed by atoms with van der Waals surface area (Å²) in [5, 5.41) is 0. The second-order valence-electron chi connectivity index (χ2n) is 4.90. The summed E-state index contributed by atoms with van der Waals surface area (Å²) in [6.07, 6.45) is 1.75. The largest absolute Gasteiger partial charge is 0.497 e. The summed E-state index contributed by atoms with van der Waals surface area (Å²) in [4.78, 5) is 25.5. The molecule has 0 radical (unpaired) electrons. The summed E-state index contributed by atoms with van der Waals surface area (Å²) in [5.74, 6) is 0.831. The first kappa shape index (κ1) is 13.6. The molecule has 1 unspecified atom stereocenters. The van der Waals surface area contributed by atoms with Crippen LogP contribution in [0.15, 0.2) is 24.3 Å². The quantitative estimate of drug-likeness (QED) is 0.783. The van der Waals surface area contributed by atoms with E-state index in [1.54, 1.807) is 43.2 Å². The van der Waals surface area contributed by atoms with Gasteiger partial charge >= 0.3 is 0 Å². The van der Waals surface area contributed by atoms with E-state index in [1.165, 1.54) is 0 Å². The van der Waals surface area contributed by atoms with Crippen molar-refractivity contribution in [2.24, 2.45) is 5.92 Å². The Labute approximate surface area is 113 Å². The van der Waals surface area contributed by atoms with Crippen LogP contribution in [0.4, 0.5) is 0 Å². The molecule has 0 saturated carbocycles. The second kappa shape index (κ2) is 5.87. The van der Waals surface area contributed by atoms with Crippen LogP contribution in [-0.4, -0.2) is 36.8 Å². The Hall–Kier alpha value is -1.84. The number of ketones is 1. The molecule has 1 aliphatic heterocycles. The van der Waals surface area contributed by atoms with Crippen molar-refractivity contribution in [3.05, 3.63) is 29.8 Å². The molecular weight excluding hydrogens is 242 g/mol. The van der Waals surface area contributed by atoms with Crippen molar-refractivity contribution < 1.29 is 14.3 Å². The van der Waals surface area contributed by atoms with Crippen LogP contribution in [0.5, 0.6) is 5.75 Å². The topological polar surface area (TPSA) is 46.6 Å². The Morgan fingerprint density at radius 1 is 1.26 bits per heavy atom. The van der Waals surface area contributed by atoms with E-state index in [0.29, 0.717) is 12.1 Å². The van der Waals surface area contributed by atoms with Gasteiger partial charge in [-0.1, -0.05) is 0 Å². The first-order chi connectivity index (χ1) is 9.11. The highest BCUT2D eigenvalue weighted by atomic mass is 16.5. The van der Waals surface area contributed by atoms with Gasteiger partial charge in [0, 0.05) is 31.5 Å². The number of benzene rings is 1. The minimum atomic E-state index is -0.0777. The summed E-state index contributed by atoms with van der Waals surface area (Å²) < 4.78 is 5.08. The Morgan fingerprint density at radius 3 is 2.53 bits per heavy atom. The number of piperidine rings is 1. The van der Waals surface area contributed by atoms with E-state index < -0.39 is 0 Å². The summed E-state index contributed by atoms with van der Waals surface area (Å²) in [6, 6.07) is 7.15. The zero-order valence-corrected chi connectivity index (χ0v) is 11.4. The monoisotopic (exact) mass is 261 g/mol. The van der Waals surface area contributed by atoms with Crippen LogP contribution in [0, 0.1) is 5.92 Å². The lowest BCUT2D eigenvalue weighted by Crippen LogP contribution is -2.41. The molecule has 1 heterocycles. The van der Waals surface area contributed by atoms with Crippen molar-refractivity contribution in [2.45, 2.75) is 19.8 Å². The predicted molar refractivity (Wildman–Crippen MR) is 72.3 cm³/mol. The Morgan fingerprint density at radius 2 is 1.95 bits per heavy atom. The maximum atomic E-state index is 12.4. The zero-order valence-electron chi connectivity index (χ0n) is 11.4. The highest BCUT2D eigenvalue weighted by Gasteiger charge is 2.27. The van der Waals surface area contributed by atoms with Gasteiger partial charge in [-0.25, -0.2) is 0 Å². The summed E-state index contributed by atoms with van der Waals surface area (Å²) in [5.41, 5.74) is 0.691. The molecule has 0 aliphatic carbocycles. The average Bonchev–Trinajstić information content (AvgIpc) is 2.46. The molecule has 19 heavy (non-hydrogen) atoms. The van der Waals surface area contributed by atoms with Crippen LogP contribution in [0.1, 0.15) is 30.1 Å². The van der Waals surface area contributed by atoms with Gasteiger partial charge < -0.3 is 9.64 Å². The van der Waals surface area contributed by atoms with Crippen LogP contribution in [-0.2, 0) is 4.79 Å². The van der Waals surface area contributed by atoms with Crippen molar-refractivity contribution in [1.29, 1.82) is 0 Å². The molecule has 4 nitrogen and oxygen atoms in total. The van der Waals surface area contributed by atoms with Crippen molar-refractivity contribution in [2.75, 3.05) is 20.2 Å². The normalized spacial score (nSPS) is 19.1. The number of hydrogen-bond donors (Lipinski definition) is 0. The minimum absolute atomic E-state index is 0.0484. The highest BCUT2D eigenvalue weighted by Crippen LogP contribution is 2.22. The van der Waals surface area contributed by atoms with Crippen LogP contribution in [0.2, 0.25) is 0 Å². The molecule has 4 heteroatoms. The summed E-state index contributed by atoms with van der Waals surface area (Å²) >= 11 is 0. The third-order valence-corrected chi connectivity index (χ3v) is 3.61. The van der Waals surface area contributed by atoms with Crippen molar-refractivity contribution in [3.8, 4) is 5.75 Å². The molecule has 0 bridgehead atoms. The van der Waals surface area contributed by atoms with Crippen LogP contribution < -0.4 is 4.74 Å². The van der Waals surface area contributed by atoms with E-state index in [2.05, 4.69) is 0 Å². The first-order valence-electron chi connectivity index (χ1n) is 6.55. The van der Waals surface area contributed by atoms with Gasteiger partial charge in [-0.3, -0.25) is 9.59 Å². The molecule has 1 fully saturated rings. The number of ether oxygens (including phenoxy) is 1. The molecule has 1 aliphatic rings. The number of nitrogens with zero attached hydrogens (tertiary/aromatic N) is 1. The van der Waals surface area contributed by atoms with Crippen molar-refractivity contribution in [1.82, 2.24) is 4.90 Å². The molecule has 0 N–H and O–H groups in total. The summed E-state index contributed by atoms with van der Waals surface area (Å²) in [6.45, 7) is 2.86. The van der Waals surface area contributed by atoms with Crippen molar-refractivity contribution >= 4 is 11.7 Å². The molecule has 1 aromatic carbocycles. The van der Waals surface area contributed by atoms with Gasteiger partial charge in [0.15, 0.2) is 5.78 Å². The maximum absolute atomic E-state index is 12.4. The number of Topliss-reactive ketones (excluding diaryl/α,β-unsaturated/α-hetero) is 1. The van der Waals surface area contributed by atoms with Crippen LogP contribution in [0.25, 0.3) is 0 Å². The number of carbonyl (C=O) groups excluding carboxylic acids is 2. The lowest BCUT2D eigenvalue weighted by atomic mass is 9.90. The van der Waals surface area contributed by atoms with Gasteiger partial charge in [-0.15, -0.1) is 0 Å². The van der Waals surface area contributed by atoms with Crippen molar-refractivity contribution in [3.63, 3.8) is 0 Å². The Balaban J connectivity index is 2.07. The van der Waals surface area contributed by atoms with E-state index in [4.69, 9.17) is 4.74 Å². The lowest BCUT2D eigenvalue weighted by molar-refractivity contribution is -0.130. The fraction of sp³-hybridized carbons (Fsp3) is 0.467. The van der Waals surface area contributed by atoms with Crippen LogP contribution in [0.3, 0.4) is 0 Å². The van der Waals surface area contributed by atoms with Gasteiger partial charge in [-0.05, 0) is 37.1 Å². The number of hydrogen-bond acceptors (Lipinski definition) is 3. The van der Waals surface area contributed by atoms with E-state index in [1.807, 2.05) is 0 Å². The molecule has 1 aromatic rings. The van der Waals surface area contributed by atoms with Crippen LogP contribution >= 0.6 is 0 Å². The Kier molecular flexibility index (Phi) is 4.20. The number of likely N-dealkylation sites (tertiary alicyclic amines) is 1. The van der Waals surface area contributed by atoms with Gasteiger partial charge in [0.1, 0.15) is 5.75 Å². The molecule has 2 rings (SSSR count). The van der Waals surface area contributed by atoms with E-state index in [-0.39, 0.29) is 17.6 Å². The SMILES string of the molecule is COc1ccc(C(=O)C2CCCN(C(C)=O)C2)cc1. The number of rotatable bonds is 3. The van der Waals surface area contributed by atoms with Gasteiger partial charge in [0.05, 0.1) is 7.11 Å². The summed E-state index contributed by atoms with van der Waals surface area (Å²) in [7, 11) is 1.60. The van der Waals surface area contributed by atoms with E-state index in [0.717, 1.165) is 25.1 Å². The molecule has 1 saturated heterocycles. The first-order valence-corrected chi connectivity index (χ1v) is 6.55. The fourth-order valence-electron chi connectivity index (χ4n) is 2.47. The number of amides is 1. The minimum Gasteiger partial charge on any atom is -0.497 e. The van der Waals surface area contributed by atoms with E-state index in [9.17, 15) is 9.59 Å². The van der Waals surface area contributed by atoms with Gasteiger partial charge in [0.25, 0.3) is 0 Å². The molecular formula is C15H19NO3. The third kappa shape index (κ3) is 3.13. The standard InChI is InChI=1S/C15H19NO3/c1-11(17)16-9-3-4-13(10-16)15(18)12-5-7-14(19-2)8-6-12/h5-8,13H,3-4,9-10H2,1-2H3. The van der Waals surface area contributed by atoms with Gasteiger partial charge in [-0.2, -0.15) is 0 Å².